The molecule has 0 aromatic heterocycles. The van der Waals surface area contributed by atoms with Crippen LogP contribution < -0.4 is 0 Å². The summed E-state index contributed by atoms with van der Waals surface area (Å²) < 4.78 is 15.3. The number of aliphatic carboxylic acids is 1. The van der Waals surface area contributed by atoms with Gasteiger partial charge >= 0.3 is 5.97 Å². The van der Waals surface area contributed by atoms with Crippen molar-refractivity contribution in [1.29, 1.82) is 0 Å². The maximum absolute atomic E-state index is 10.8. The summed E-state index contributed by atoms with van der Waals surface area (Å²) in [5.74, 6) is 0.0973. The predicted molar refractivity (Wildman–Crippen MR) is 38.4 cm³/mol. The average molecular weight is 182 g/mol. The molecule has 0 aromatic carbocycles. The predicted octanol–water partition coefficient (Wildman–Crippen LogP) is -0.00570. The molecule has 1 N–H and O–H groups in total. The summed E-state index contributed by atoms with van der Waals surface area (Å²) in [5.41, 5.74) is -1.19. The van der Waals surface area contributed by atoms with Gasteiger partial charge in [-0.2, -0.15) is 0 Å². The zero-order chi connectivity index (χ0) is 9.05. The Balaban J connectivity index is 2.01. The molecule has 1 aliphatic carbocycles. The fourth-order valence-electron chi connectivity index (χ4n) is 1.60. The van der Waals surface area contributed by atoms with Gasteiger partial charge in [0.25, 0.3) is 0 Å². The van der Waals surface area contributed by atoms with E-state index in [1.807, 2.05) is 0 Å². The van der Waals surface area contributed by atoms with Crippen LogP contribution in [0, 0.1) is 0 Å². The van der Waals surface area contributed by atoms with E-state index in [2.05, 4.69) is 0 Å². The van der Waals surface area contributed by atoms with Crippen LogP contribution in [0.4, 0.5) is 0 Å². The van der Waals surface area contributed by atoms with E-state index in [0.29, 0.717) is 11.5 Å². The Bertz CT molecular complexity index is 356. The lowest BCUT2D eigenvalue weighted by Crippen LogP contribution is -2.27. The quantitative estimate of drug-likeness (QED) is 0.578. The topological polar surface area (TPSA) is 68.3 Å². The number of carbonyl (C=O) groups is 1. The Morgan fingerprint density at radius 1 is 1.62 bits per heavy atom. The van der Waals surface area contributed by atoms with Crippen molar-refractivity contribution in [3.05, 3.63) is 23.7 Å². The Morgan fingerprint density at radius 3 is 3.23 bits per heavy atom. The number of ether oxygens (including phenoxy) is 3. The van der Waals surface area contributed by atoms with Gasteiger partial charge in [-0.15, -0.1) is 0 Å². The molecule has 0 radical (unpaired) electrons. The summed E-state index contributed by atoms with van der Waals surface area (Å²) in [5, 5.41) is 8.86. The van der Waals surface area contributed by atoms with E-state index < -0.39 is 17.7 Å². The van der Waals surface area contributed by atoms with Crippen LogP contribution >= 0.6 is 0 Å². The first-order valence-electron chi connectivity index (χ1n) is 3.84. The van der Waals surface area contributed by atoms with Crippen molar-refractivity contribution in [3.63, 3.8) is 0 Å². The second-order valence-electron chi connectivity index (χ2n) is 3.06. The van der Waals surface area contributed by atoms with Gasteiger partial charge in [-0.1, -0.05) is 0 Å². The molecule has 3 rings (SSSR count). The smallest absolute Gasteiger partial charge is 0.343 e. The maximum atomic E-state index is 10.8. The fraction of sp³-hybridized carbons (Fsp3) is 0.375. The minimum atomic E-state index is -1.19. The molecule has 68 valence electrons. The van der Waals surface area contributed by atoms with Crippen molar-refractivity contribution in [2.24, 2.45) is 0 Å². The average Bonchev–Trinajstić information content (AvgIpc) is 2.69. The molecule has 3 aliphatic rings. The van der Waals surface area contributed by atoms with Crippen LogP contribution in [-0.4, -0.2) is 29.6 Å². The number of hydrogen-bond donors (Lipinski definition) is 1. The molecule has 2 heterocycles. The van der Waals surface area contributed by atoms with E-state index in [4.69, 9.17) is 19.3 Å². The SMILES string of the molecule is O=C(O)C12C=CC3=C(OCO3)C1O2. The Kier molecular flexibility index (Phi) is 1.01. The van der Waals surface area contributed by atoms with E-state index in [1.54, 1.807) is 6.08 Å². The lowest BCUT2D eigenvalue weighted by Gasteiger charge is -2.05. The minimum absolute atomic E-state index is 0.143. The van der Waals surface area contributed by atoms with E-state index in [-0.39, 0.29) is 6.79 Å². The second-order valence-corrected chi connectivity index (χ2v) is 3.06. The third-order valence-electron chi connectivity index (χ3n) is 2.37. The van der Waals surface area contributed by atoms with Crippen molar-refractivity contribution in [2.75, 3.05) is 6.79 Å². The van der Waals surface area contributed by atoms with Crippen LogP contribution in [0.1, 0.15) is 0 Å². The van der Waals surface area contributed by atoms with Gasteiger partial charge in [0.05, 0.1) is 0 Å². The van der Waals surface area contributed by atoms with Gasteiger partial charge in [-0.05, 0) is 12.2 Å². The summed E-state index contributed by atoms with van der Waals surface area (Å²) in [6.45, 7) is 0.143. The highest BCUT2D eigenvalue weighted by Gasteiger charge is 2.67. The highest BCUT2D eigenvalue weighted by Crippen LogP contribution is 2.48. The molecule has 0 saturated carbocycles. The van der Waals surface area contributed by atoms with Gasteiger partial charge in [-0.25, -0.2) is 4.79 Å². The molecule has 2 atom stereocenters. The summed E-state index contributed by atoms with van der Waals surface area (Å²) in [6.07, 6.45) is 2.58. The van der Waals surface area contributed by atoms with Gasteiger partial charge in [0.2, 0.25) is 12.4 Å². The first-order valence-corrected chi connectivity index (χ1v) is 3.84. The lowest BCUT2D eigenvalue weighted by molar-refractivity contribution is -0.141. The zero-order valence-electron chi connectivity index (χ0n) is 6.52. The van der Waals surface area contributed by atoms with E-state index in [0.717, 1.165) is 0 Å². The van der Waals surface area contributed by atoms with Crippen molar-refractivity contribution in [2.45, 2.75) is 11.7 Å². The molecule has 0 amide bonds. The highest BCUT2D eigenvalue weighted by atomic mass is 16.7. The van der Waals surface area contributed by atoms with Crippen LogP contribution in [0.3, 0.4) is 0 Å². The number of epoxide rings is 1. The Morgan fingerprint density at radius 2 is 2.46 bits per heavy atom. The first-order chi connectivity index (χ1) is 6.24. The van der Waals surface area contributed by atoms with E-state index in [9.17, 15) is 4.79 Å². The summed E-state index contributed by atoms with van der Waals surface area (Å²) in [6, 6.07) is 0. The number of allylic oxidation sites excluding steroid dienone is 1. The minimum Gasteiger partial charge on any atom is -0.479 e. The number of hydrogen-bond acceptors (Lipinski definition) is 4. The molecular weight excluding hydrogens is 176 g/mol. The van der Waals surface area contributed by atoms with E-state index in [1.165, 1.54) is 6.08 Å². The Hall–Kier alpha value is -1.49. The molecule has 2 unspecified atom stereocenters. The standard InChI is InChI=1S/C8H6O5/c9-7(10)8-2-1-4-5(6(8)13-8)12-3-11-4/h1-2,6H,3H2,(H,9,10). The second kappa shape index (κ2) is 1.88. The van der Waals surface area contributed by atoms with Gasteiger partial charge in [0.1, 0.15) is 0 Å². The fourth-order valence-corrected chi connectivity index (χ4v) is 1.60. The molecule has 5 heteroatoms. The number of carboxylic acid groups (broad SMARTS) is 1. The van der Waals surface area contributed by atoms with Crippen molar-refractivity contribution in [1.82, 2.24) is 0 Å². The molecule has 5 nitrogen and oxygen atoms in total. The number of fused-ring (bicyclic) bond motifs is 2. The molecule has 0 aromatic rings. The van der Waals surface area contributed by atoms with Crippen LogP contribution in [0.25, 0.3) is 0 Å². The lowest BCUT2D eigenvalue weighted by atomic mass is 9.99. The van der Waals surface area contributed by atoms with Crippen molar-refractivity contribution < 1.29 is 24.1 Å². The highest BCUT2D eigenvalue weighted by molar-refractivity contribution is 5.86. The molecule has 0 spiro atoms. The van der Waals surface area contributed by atoms with Gasteiger partial charge < -0.3 is 19.3 Å². The molecular formula is C8H6O5. The molecule has 13 heavy (non-hydrogen) atoms. The molecule has 1 fully saturated rings. The van der Waals surface area contributed by atoms with Crippen LogP contribution in [0.2, 0.25) is 0 Å². The monoisotopic (exact) mass is 182 g/mol. The van der Waals surface area contributed by atoms with Crippen molar-refractivity contribution >= 4 is 5.97 Å². The van der Waals surface area contributed by atoms with Gasteiger partial charge in [0.15, 0.2) is 17.6 Å². The van der Waals surface area contributed by atoms with Crippen LogP contribution in [0.5, 0.6) is 0 Å². The normalized spacial score (nSPS) is 38.9. The maximum Gasteiger partial charge on any atom is 0.343 e. The Labute approximate surface area is 73.2 Å². The van der Waals surface area contributed by atoms with Crippen molar-refractivity contribution in [3.8, 4) is 0 Å². The first kappa shape index (κ1) is 6.97. The van der Waals surface area contributed by atoms with E-state index >= 15 is 0 Å². The largest absolute Gasteiger partial charge is 0.479 e. The summed E-state index contributed by atoms with van der Waals surface area (Å²) in [7, 11) is 0. The molecule has 1 saturated heterocycles. The molecule has 2 aliphatic heterocycles. The van der Waals surface area contributed by atoms with Crippen LogP contribution in [0.15, 0.2) is 23.7 Å². The van der Waals surface area contributed by atoms with Gasteiger partial charge in [-0.3, -0.25) is 0 Å². The van der Waals surface area contributed by atoms with Gasteiger partial charge in [0, 0.05) is 0 Å². The number of rotatable bonds is 1. The number of carboxylic acids is 1. The zero-order valence-corrected chi connectivity index (χ0v) is 6.52. The summed E-state index contributed by atoms with van der Waals surface area (Å²) >= 11 is 0. The van der Waals surface area contributed by atoms with Crippen LogP contribution in [-0.2, 0) is 19.0 Å². The molecule has 0 bridgehead atoms. The summed E-state index contributed by atoms with van der Waals surface area (Å²) in [4.78, 5) is 10.8. The third-order valence-corrected chi connectivity index (χ3v) is 2.37. The third kappa shape index (κ3) is 0.678.